The van der Waals surface area contributed by atoms with E-state index >= 15 is 0 Å². The average Bonchev–Trinajstić information content (AvgIpc) is 2.43. The molecule has 0 saturated carbocycles. The Bertz CT molecular complexity index is 465. The summed E-state index contributed by atoms with van der Waals surface area (Å²) in [4.78, 5) is 22.3. The molecule has 116 valence electrons. The van der Waals surface area contributed by atoms with E-state index in [0.29, 0.717) is 19.3 Å². The van der Waals surface area contributed by atoms with Gasteiger partial charge >= 0.3 is 5.97 Å². The monoisotopic (exact) mass is 307 g/mol. The highest BCUT2D eigenvalue weighted by Gasteiger charge is 2.38. The van der Waals surface area contributed by atoms with Gasteiger partial charge in [-0.15, -0.1) is 0 Å². The zero-order chi connectivity index (χ0) is 15.3. The van der Waals surface area contributed by atoms with Crippen LogP contribution in [0.15, 0.2) is 0 Å². The number of carboxylic acids is 1. The van der Waals surface area contributed by atoms with Gasteiger partial charge in [0.05, 0.1) is 0 Å². The van der Waals surface area contributed by atoms with Crippen molar-refractivity contribution in [2.45, 2.75) is 31.7 Å². The quantitative estimate of drug-likeness (QED) is 0.670. The third kappa shape index (κ3) is 3.90. The van der Waals surface area contributed by atoms with Gasteiger partial charge in [0.25, 0.3) is 10.2 Å². The molecule has 0 aliphatic carbocycles. The fourth-order valence-electron chi connectivity index (χ4n) is 2.11. The normalized spacial score (nSPS) is 20.9. The number of nitrogens with one attached hydrogen (secondary N) is 1. The first-order valence-electron chi connectivity index (χ1n) is 6.47. The minimum atomic E-state index is -3.85. The van der Waals surface area contributed by atoms with Crippen molar-refractivity contribution in [3.8, 4) is 0 Å². The minimum absolute atomic E-state index is 0.0187. The van der Waals surface area contributed by atoms with Crippen LogP contribution in [0.25, 0.3) is 0 Å². The summed E-state index contributed by atoms with van der Waals surface area (Å²) in [6.45, 7) is 0.217. The Hall–Kier alpha value is -1.19. The number of hydrogen-bond donors (Lipinski definition) is 2. The molecule has 1 aliphatic rings. The Kier molecular flexibility index (Phi) is 5.90. The topological polar surface area (TPSA) is 107 Å². The fraction of sp³-hybridized carbons (Fsp3) is 0.818. The number of carboxylic acid groups (broad SMARTS) is 1. The molecule has 0 spiro atoms. The van der Waals surface area contributed by atoms with Gasteiger partial charge in [0, 0.05) is 33.6 Å². The van der Waals surface area contributed by atoms with Crippen molar-refractivity contribution in [3.63, 3.8) is 0 Å². The van der Waals surface area contributed by atoms with Crippen LogP contribution in [0.5, 0.6) is 0 Å². The first-order valence-corrected chi connectivity index (χ1v) is 7.87. The number of amides is 1. The first-order chi connectivity index (χ1) is 9.30. The first kappa shape index (κ1) is 16.9. The highest BCUT2D eigenvalue weighted by Crippen LogP contribution is 2.22. The molecule has 1 rings (SSSR count). The second-order valence-corrected chi connectivity index (χ2v) is 6.70. The maximum atomic E-state index is 12.4. The fourth-order valence-corrected chi connectivity index (χ4v) is 3.66. The summed E-state index contributed by atoms with van der Waals surface area (Å²) >= 11 is 0. The molecule has 1 fully saturated rings. The van der Waals surface area contributed by atoms with Crippen LogP contribution >= 0.6 is 0 Å². The molecule has 0 radical (unpaired) electrons. The Labute approximate surface area is 118 Å². The van der Waals surface area contributed by atoms with E-state index in [9.17, 15) is 18.0 Å². The second kappa shape index (κ2) is 7.00. The molecule has 1 heterocycles. The lowest BCUT2D eigenvalue weighted by Gasteiger charge is -2.34. The van der Waals surface area contributed by atoms with E-state index in [2.05, 4.69) is 5.32 Å². The number of carbonyl (C=O) groups excluding carboxylic acids is 1. The van der Waals surface area contributed by atoms with Gasteiger partial charge in [-0.25, -0.2) is 0 Å². The molecule has 0 aromatic heterocycles. The third-order valence-corrected chi connectivity index (χ3v) is 5.36. The van der Waals surface area contributed by atoms with Gasteiger partial charge < -0.3 is 10.4 Å². The van der Waals surface area contributed by atoms with Gasteiger partial charge in [-0.2, -0.15) is 17.0 Å². The summed E-state index contributed by atoms with van der Waals surface area (Å²) < 4.78 is 26.8. The van der Waals surface area contributed by atoms with E-state index in [4.69, 9.17) is 5.11 Å². The van der Waals surface area contributed by atoms with Crippen LogP contribution in [0.4, 0.5) is 0 Å². The smallest absolute Gasteiger partial charge is 0.322 e. The van der Waals surface area contributed by atoms with Gasteiger partial charge in [0.15, 0.2) is 0 Å². The van der Waals surface area contributed by atoms with Gasteiger partial charge in [-0.1, -0.05) is 0 Å². The Morgan fingerprint density at radius 3 is 2.60 bits per heavy atom. The van der Waals surface area contributed by atoms with Gasteiger partial charge in [-0.3, -0.25) is 9.59 Å². The second-order valence-electron chi connectivity index (χ2n) is 4.71. The number of nitrogens with zero attached hydrogens (tertiary/aromatic N) is 2. The standard InChI is InChI=1S/C11H21N3O5S/c1-12-10(15)6-8-13(2)20(18,19)14-7-4-3-5-9(14)11(16)17/h9H,3-8H2,1-2H3,(H,12,15)(H,16,17). The van der Waals surface area contributed by atoms with Crippen molar-refractivity contribution < 1.29 is 23.1 Å². The maximum Gasteiger partial charge on any atom is 0.322 e. The van der Waals surface area contributed by atoms with E-state index < -0.39 is 22.2 Å². The molecule has 20 heavy (non-hydrogen) atoms. The number of hydrogen-bond acceptors (Lipinski definition) is 4. The maximum absolute atomic E-state index is 12.4. The van der Waals surface area contributed by atoms with E-state index in [1.165, 1.54) is 14.1 Å². The number of piperidine rings is 1. The van der Waals surface area contributed by atoms with Gasteiger partial charge in [0.1, 0.15) is 6.04 Å². The lowest BCUT2D eigenvalue weighted by Crippen LogP contribution is -2.52. The summed E-state index contributed by atoms with van der Waals surface area (Å²) in [7, 11) is -1.03. The van der Waals surface area contributed by atoms with Crippen LogP contribution in [0.1, 0.15) is 25.7 Å². The van der Waals surface area contributed by atoms with Gasteiger partial charge in [0.2, 0.25) is 5.91 Å². The van der Waals surface area contributed by atoms with E-state index in [0.717, 1.165) is 8.61 Å². The van der Waals surface area contributed by atoms with Crippen LogP contribution < -0.4 is 5.32 Å². The predicted octanol–water partition coefficient (Wildman–Crippen LogP) is -0.762. The molecule has 1 amide bonds. The van der Waals surface area contributed by atoms with E-state index in [1.54, 1.807) is 0 Å². The lowest BCUT2D eigenvalue weighted by atomic mass is 10.1. The summed E-state index contributed by atoms with van der Waals surface area (Å²) in [5.74, 6) is -1.39. The lowest BCUT2D eigenvalue weighted by molar-refractivity contribution is -0.142. The Morgan fingerprint density at radius 2 is 2.05 bits per heavy atom. The third-order valence-electron chi connectivity index (χ3n) is 3.36. The molecular formula is C11H21N3O5S. The molecule has 0 aromatic carbocycles. The number of rotatable bonds is 6. The van der Waals surface area contributed by atoms with Crippen molar-refractivity contribution in [2.24, 2.45) is 0 Å². The number of carbonyl (C=O) groups is 2. The van der Waals surface area contributed by atoms with Crippen LogP contribution in [0, 0.1) is 0 Å². The molecule has 8 nitrogen and oxygen atoms in total. The van der Waals surface area contributed by atoms with Crippen molar-refractivity contribution in [3.05, 3.63) is 0 Å². The van der Waals surface area contributed by atoms with Crippen LogP contribution in [0.2, 0.25) is 0 Å². The zero-order valence-corrected chi connectivity index (χ0v) is 12.5. The molecule has 1 aliphatic heterocycles. The molecule has 1 atom stereocenters. The largest absolute Gasteiger partial charge is 0.480 e. The summed E-state index contributed by atoms with van der Waals surface area (Å²) in [5.41, 5.74) is 0. The Balaban J connectivity index is 2.79. The molecule has 9 heteroatoms. The summed E-state index contributed by atoms with van der Waals surface area (Å²) in [6.07, 6.45) is 1.70. The predicted molar refractivity (Wildman–Crippen MR) is 72.2 cm³/mol. The van der Waals surface area contributed by atoms with Crippen molar-refractivity contribution >= 4 is 22.1 Å². The van der Waals surface area contributed by atoms with Crippen LogP contribution in [-0.2, 0) is 19.8 Å². The highest BCUT2D eigenvalue weighted by molar-refractivity contribution is 7.86. The molecule has 2 N–H and O–H groups in total. The zero-order valence-electron chi connectivity index (χ0n) is 11.7. The minimum Gasteiger partial charge on any atom is -0.480 e. The summed E-state index contributed by atoms with van der Waals surface area (Å²) in [5, 5.41) is 11.5. The highest BCUT2D eigenvalue weighted by atomic mass is 32.2. The van der Waals surface area contributed by atoms with Crippen LogP contribution in [-0.4, -0.2) is 67.2 Å². The van der Waals surface area contributed by atoms with Crippen LogP contribution in [0.3, 0.4) is 0 Å². The van der Waals surface area contributed by atoms with Crippen molar-refractivity contribution in [2.75, 3.05) is 27.2 Å². The molecule has 1 unspecified atom stereocenters. The average molecular weight is 307 g/mol. The molecular weight excluding hydrogens is 286 g/mol. The molecule has 0 bridgehead atoms. The Morgan fingerprint density at radius 1 is 1.40 bits per heavy atom. The molecule has 1 saturated heterocycles. The molecule has 0 aromatic rings. The van der Waals surface area contributed by atoms with Crippen molar-refractivity contribution in [1.82, 2.24) is 13.9 Å². The van der Waals surface area contributed by atoms with Gasteiger partial charge in [-0.05, 0) is 19.3 Å². The van der Waals surface area contributed by atoms with Crippen molar-refractivity contribution in [1.29, 1.82) is 0 Å². The van der Waals surface area contributed by atoms with E-state index in [-0.39, 0.29) is 25.4 Å². The SMILES string of the molecule is CNC(=O)CCN(C)S(=O)(=O)N1CCCCC1C(=O)O. The summed E-state index contributed by atoms with van der Waals surface area (Å²) in [6, 6.07) is -1.02. The number of aliphatic carboxylic acids is 1. The van der Waals surface area contributed by atoms with E-state index in [1.807, 2.05) is 0 Å².